The molecule has 0 aliphatic carbocycles. The summed E-state index contributed by atoms with van der Waals surface area (Å²) in [6.07, 6.45) is -0.461. The minimum absolute atomic E-state index is 0.234. The normalized spacial score (nSPS) is 23.4. The maximum Gasteiger partial charge on any atom is 0.397 e. The van der Waals surface area contributed by atoms with Crippen molar-refractivity contribution in [1.29, 1.82) is 0 Å². The van der Waals surface area contributed by atoms with E-state index in [0.717, 1.165) is 0 Å². The average Bonchev–Trinajstić information content (AvgIpc) is 2.40. The number of hydrogen-bond donors (Lipinski definition) is 1. The quantitative estimate of drug-likeness (QED) is 0.730. The van der Waals surface area contributed by atoms with Crippen LogP contribution in [0.25, 0.3) is 0 Å². The third-order valence-electron chi connectivity index (χ3n) is 1.47. The summed E-state index contributed by atoms with van der Waals surface area (Å²) < 4.78 is 43.1. The van der Waals surface area contributed by atoms with Crippen LogP contribution in [0.4, 0.5) is 0 Å². The van der Waals surface area contributed by atoms with Gasteiger partial charge in [-0.15, -0.1) is 0 Å². The topological polar surface area (TPSA) is 85.3 Å². The molecule has 0 aromatic rings. The first-order valence-corrected chi connectivity index (χ1v) is 6.43. The molecule has 1 aliphatic rings. The summed E-state index contributed by atoms with van der Waals surface area (Å²) in [5.41, 5.74) is 0. The molecule has 0 spiro atoms. The van der Waals surface area contributed by atoms with Crippen LogP contribution < -0.4 is 0 Å². The first kappa shape index (κ1) is 16.8. The highest BCUT2D eigenvalue weighted by atomic mass is 32.3. The molecule has 0 radical (unpaired) electrons. The molecule has 8 heteroatoms. The Kier molecular flexibility index (Phi) is 6.52. The van der Waals surface area contributed by atoms with Gasteiger partial charge in [0.25, 0.3) is 0 Å². The molecule has 0 amide bonds. The Morgan fingerprint density at radius 1 is 1.41 bits per heavy atom. The van der Waals surface area contributed by atoms with Crippen LogP contribution in [0.3, 0.4) is 0 Å². The lowest BCUT2D eigenvalue weighted by atomic mass is 10.4. The van der Waals surface area contributed by atoms with Crippen LogP contribution in [-0.2, 0) is 24.1 Å². The fraction of sp³-hybridized carbons (Fsp3) is 1.00. The molecule has 1 fully saturated rings. The number of rotatable bonds is 3. The van der Waals surface area contributed by atoms with E-state index in [1.54, 1.807) is 13.8 Å². The van der Waals surface area contributed by atoms with Gasteiger partial charge < -0.3 is 14.4 Å². The zero-order valence-corrected chi connectivity index (χ0v) is 11.7. The summed E-state index contributed by atoms with van der Waals surface area (Å²) in [5.74, 6) is -0.715. The van der Waals surface area contributed by atoms with E-state index in [2.05, 4.69) is 4.18 Å². The fourth-order valence-electron chi connectivity index (χ4n) is 1.01. The lowest BCUT2D eigenvalue weighted by molar-refractivity contribution is -0.141. The van der Waals surface area contributed by atoms with E-state index in [1.165, 1.54) is 0 Å². The second kappa shape index (κ2) is 6.62. The molecule has 1 saturated heterocycles. The van der Waals surface area contributed by atoms with Crippen LogP contribution in [0, 0.1) is 0 Å². The van der Waals surface area contributed by atoms with Gasteiger partial charge in [-0.3, -0.25) is 4.55 Å². The van der Waals surface area contributed by atoms with Gasteiger partial charge in [0.2, 0.25) is 0 Å². The summed E-state index contributed by atoms with van der Waals surface area (Å²) in [7, 11) is 1.62. The molecule has 1 atom stereocenters. The third kappa shape index (κ3) is 10.6. The Balaban J connectivity index is 0.000000557. The molecule has 17 heavy (non-hydrogen) atoms. The van der Waals surface area contributed by atoms with Crippen molar-refractivity contribution in [2.45, 2.75) is 25.7 Å². The van der Waals surface area contributed by atoms with Gasteiger partial charge in [-0.1, -0.05) is 0 Å². The van der Waals surface area contributed by atoms with Gasteiger partial charge in [-0.2, -0.15) is 8.42 Å². The Bertz CT molecular complexity index is 311. The highest BCUT2D eigenvalue weighted by Crippen LogP contribution is 2.22. The van der Waals surface area contributed by atoms with E-state index in [9.17, 15) is 8.42 Å². The van der Waals surface area contributed by atoms with Crippen LogP contribution in [0.15, 0.2) is 0 Å². The van der Waals surface area contributed by atoms with Gasteiger partial charge >= 0.3 is 10.4 Å². The predicted molar refractivity (Wildman–Crippen MR) is 62.0 cm³/mol. The molecular formula is C9H21NO6S. The lowest BCUT2D eigenvalue weighted by Crippen LogP contribution is -2.25. The Morgan fingerprint density at radius 3 is 2.18 bits per heavy atom. The van der Waals surface area contributed by atoms with Gasteiger partial charge in [0.05, 0.1) is 13.2 Å². The van der Waals surface area contributed by atoms with E-state index < -0.39 is 22.3 Å². The zero-order chi connectivity index (χ0) is 13.7. The first-order chi connectivity index (χ1) is 7.52. The minimum Gasteiger partial charge on any atom is -0.348 e. The highest BCUT2D eigenvalue weighted by Gasteiger charge is 2.33. The van der Waals surface area contributed by atoms with Crippen LogP contribution in [-0.4, -0.2) is 64.1 Å². The van der Waals surface area contributed by atoms with Crippen molar-refractivity contribution in [2.75, 3.05) is 34.4 Å². The number of ether oxygens (including phenoxy) is 2. The number of nitrogens with zero attached hydrogens (tertiary/aromatic N) is 1. The van der Waals surface area contributed by atoms with Crippen molar-refractivity contribution >= 4 is 10.4 Å². The van der Waals surface area contributed by atoms with E-state index in [1.807, 2.05) is 26.0 Å². The zero-order valence-electron chi connectivity index (χ0n) is 10.8. The van der Waals surface area contributed by atoms with E-state index >= 15 is 0 Å². The molecule has 1 N–H and O–H groups in total. The second-order valence-electron chi connectivity index (χ2n) is 4.50. The van der Waals surface area contributed by atoms with E-state index in [-0.39, 0.29) is 13.2 Å². The molecule has 104 valence electrons. The maximum absolute atomic E-state index is 10.2. The lowest BCUT2D eigenvalue weighted by Gasteiger charge is -2.16. The van der Waals surface area contributed by atoms with E-state index in [4.69, 9.17) is 14.0 Å². The van der Waals surface area contributed by atoms with Crippen LogP contribution in [0.1, 0.15) is 13.8 Å². The predicted octanol–water partition coefficient (Wildman–Crippen LogP) is 0.135. The average molecular weight is 271 g/mol. The molecular weight excluding hydrogens is 250 g/mol. The van der Waals surface area contributed by atoms with Crippen molar-refractivity contribution in [2.24, 2.45) is 0 Å². The van der Waals surface area contributed by atoms with Crippen molar-refractivity contribution < 1.29 is 26.6 Å². The molecule has 0 bridgehead atoms. The summed E-state index contributed by atoms with van der Waals surface area (Å²) >= 11 is 0. The third-order valence-corrected chi connectivity index (χ3v) is 1.90. The second-order valence-corrected chi connectivity index (χ2v) is 5.60. The van der Waals surface area contributed by atoms with Crippen molar-refractivity contribution in [3.8, 4) is 0 Å². The molecule has 1 aliphatic heterocycles. The van der Waals surface area contributed by atoms with Crippen molar-refractivity contribution in [3.63, 3.8) is 0 Å². The van der Waals surface area contributed by atoms with E-state index in [0.29, 0.717) is 0 Å². The molecule has 1 rings (SSSR count). The molecule has 1 unspecified atom stereocenters. The van der Waals surface area contributed by atoms with Gasteiger partial charge in [-0.25, -0.2) is 4.18 Å². The first-order valence-electron chi connectivity index (χ1n) is 5.06. The monoisotopic (exact) mass is 271 g/mol. The van der Waals surface area contributed by atoms with Crippen LogP contribution in [0.2, 0.25) is 0 Å². The summed E-state index contributed by atoms with van der Waals surface area (Å²) in [6, 6.07) is 0. The van der Waals surface area contributed by atoms with Crippen molar-refractivity contribution in [1.82, 2.24) is 4.90 Å². The molecule has 1 heterocycles. The SMILES string of the molecule is CC1(C)OCC(COS(=O)(=O)O)O1.CN(C)C. The van der Waals surface area contributed by atoms with Gasteiger partial charge in [0.15, 0.2) is 5.79 Å². The largest absolute Gasteiger partial charge is 0.397 e. The van der Waals surface area contributed by atoms with Gasteiger partial charge in [0, 0.05) is 0 Å². The molecule has 0 saturated carbocycles. The van der Waals surface area contributed by atoms with Crippen molar-refractivity contribution in [3.05, 3.63) is 0 Å². The maximum atomic E-state index is 10.2. The van der Waals surface area contributed by atoms with Crippen LogP contribution >= 0.6 is 0 Å². The van der Waals surface area contributed by atoms with Gasteiger partial charge in [0.1, 0.15) is 6.10 Å². The summed E-state index contributed by atoms with van der Waals surface area (Å²) in [6.45, 7) is 3.44. The summed E-state index contributed by atoms with van der Waals surface area (Å²) in [5, 5.41) is 0. The van der Waals surface area contributed by atoms with Gasteiger partial charge in [-0.05, 0) is 35.0 Å². The fourth-order valence-corrected chi connectivity index (χ4v) is 1.33. The Labute approximate surface area is 103 Å². The molecule has 0 aromatic heterocycles. The molecule has 0 aromatic carbocycles. The highest BCUT2D eigenvalue weighted by molar-refractivity contribution is 7.80. The number of hydrogen-bond acceptors (Lipinski definition) is 6. The Hall–Kier alpha value is -0.250. The smallest absolute Gasteiger partial charge is 0.348 e. The summed E-state index contributed by atoms with van der Waals surface area (Å²) in [4.78, 5) is 2.00. The molecule has 7 nitrogen and oxygen atoms in total. The Morgan fingerprint density at radius 2 is 1.88 bits per heavy atom. The van der Waals surface area contributed by atoms with Crippen LogP contribution in [0.5, 0.6) is 0 Å². The standard InChI is InChI=1S/C6H12O6S.C3H9N/c1-6(2)10-3-5(12-6)4-11-13(7,8)9;1-4(2)3/h5H,3-4H2,1-2H3,(H,7,8,9);1-3H3. The minimum atomic E-state index is -4.38.